The first-order valence-electron chi connectivity index (χ1n) is 13.8. The van der Waals surface area contributed by atoms with E-state index in [9.17, 15) is 18.4 Å². The van der Waals surface area contributed by atoms with Crippen LogP contribution in [0.25, 0.3) is 5.69 Å². The highest BCUT2D eigenvalue weighted by Gasteiger charge is 2.33. The fourth-order valence-corrected chi connectivity index (χ4v) is 6.39. The highest BCUT2D eigenvalue weighted by atomic mass is 32.2. The number of amides is 2. The zero-order chi connectivity index (χ0) is 30.5. The Bertz CT molecular complexity index is 1780. The van der Waals surface area contributed by atoms with Gasteiger partial charge in [-0.3, -0.25) is 14.2 Å². The molecule has 1 atom stereocenters. The molecule has 2 aromatic heterocycles. The predicted octanol–water partition coefficient (Wildman–Crippen LogP) is 5.94. The summed E-state index contributed by atoms with van der Waals surface area (Å²) in [7, 11) is 0. The molecule has 6 rings (SSSR count). The van der Waals surface area contributed by atoms with Gasteiger partial charge in [0.05, 0.1) is 35.3 Å². The van der Waals surface area contributed by atoms with Crippen LogP contribution >= 0.6 is 23.1 Å². The van der Waals surface area contributed by atoms with Crippen molar-refractivity contribution in [2.45, 2.75) is 30.6 Å². The van der Waals surface area contributed by atoms with Gasteiger partial charge in [0.25, 0.3) is 5.91 Å². The van der Waals surface area contributed by atoms with Crippen molar-refractivity contribution >= 4 is 40.6 Å². The second kappa shape index (κ2) is 13.3. The number of aromatic nitrogens is 3. The molecule has 0 unspecified atom stereocenters. The van der Waals surface area contributed by atoms with E-state index in [1.54, 1.807) is 40.2 Å². The number of rotatable bonds is 10. The predicted molar refractivity (Wildman–Crippen MR) is 165 cm³/mol. The fraction of sp³-hybridized carbons (Fsp3) is 0.156. The van der Waals surface area contributed by atoms with Crippen molar-refractivity contribution in [3.63, 3.8) is 0 Å². The monoisotopic (exact) mass is 628 g/mol. The van der Waals surface area contributed by atoms with Gasteiger partial charge >= 0.3 is 0 Å². The zero-order valence-corrected chi connectivity index (χ0v) is 24.9. The number of halogens is 2. The summed E-state index contributed by atoms with van der Waals surface area (Å²) in [6, 6.07) is 24.8. The molecule has 1 aliphatic heterocycles. The van der Waals surface area contributed by atoms with Crippen molar-refractivity contribution in [1.29, 1.82) is 0 Å². The topological polar surface area (TPSA) is 92.5 Å². The molecule has 0 fully saturated rings. The Morgan fingerprint density at radius 1 is 0.909 bits per heavy atom. The number of hydrogen-bond donors (Lipinski definition) is 1. The summed E-state index contributed by atoms with van der Waals surface area (Å²) in [4.78, 5) is 27.2. The molecule has 222 valence electrons. The third kappa shape index (κ3) is 6.76. The maximum absolute atomic E-state index is 13.8. The van der Waals surface area contributed by atoms with Gasteiger partial charge in [-0.05, 0) is 59.0 Å². The number of nitrogens with one attached hydrogen (secondary N) is 1. The Morgan fingerprint density at radius 3 is 2.34 bits per heavy atom. The molecule has 0 spiro atoms. The smallest absolute Gasteiger partial charge is 0.253 e. The molecular weight excluding hydrogens is 603 g/mol. The second-order valence-electron chi connectivity index (χ2n) is 9.97. The van der Waals surface area contributed by atoms with Crippen molar-refractivity contribution in [2.75, 3.05) is 5.75 Å². The number of benzene rings is 3. The Hall–Kier alpha value is -4.68. The molecule has 3 aromatic carbocycles. The minimum Gasteiger partial charge on any atom is -0.348 e. The van der Waals surface area contributed by atoms with Crippen LogP contribution in [0.2, 0.25) is 0 Å². The van der Waals surface area contributed by atoms with E-state index < -0.39 is 5.82 Å². The molecule has 44 heavy (non-hydrogen) atoms. The Morgan fingerprint density at radius 2 is 1.64 bits per heavy atom. The van der Waals surface area contributed by atoms with Crippen LogP contribution < -0.4 is 5.32 Å². The number of carbonyl (C=O) groups is 2. The zero-order valence-electron chi connectivity index (χ0n) is 23.3. The van der Waals surface area contributed by atoms with E-state index in [1.165, 1.54) is 29.3 Å². The summed E-state index contributed by atoms with van der Waals surface area (Å²) in [5.41, 5.74) is 3.03. The standard InChI is InChI=1S/C32H26F2N6O2S2/c33-23-10-8-22(9-11-23)27-18-26(28-7-4-16-43-28)38-40(27)31(42)20-44-32-37-36-29(39(32)25-14-12-24(34)13-15-25)19-35-30(41)17-21-5-2-1-3-6-21/h1-16,27H,17-20H2,(H,35,41)/t27-/m1/s1. The molecule has 12 heteroatoms. The van der Waals surface area contributed by atoms with E-state index in [0.29, 0.717) is 23.1 Å². The Labute approximate surface area is 260 Å². The van der Waals surface area contributed by atoms with Gasteiger partial charge in [0.2, 0.25) is 5.91 Å². The van der Waals surface area contributed by atoms with E-state index in [4.69, 9.17) is 0 Å². The lowest BCUT2D eigenvalue weighted by Gasteiger charge is -2.22. The molecule has 3 heterocycles. The minimum absolute atomic E-state index is 0.0153. The molecule has 2 amide bonds. The quantitative estimate of drug-likeness (QED) is 0.194. The summed E-state index contributed by atoms with van der Waals surface area (Å²) in [5, 5.41) is 19.9. The number of carbonyl (C=O) groups excluding carboxylic acids is 2. The normalized spacial score (nSPS) is 14.5. The van der Waals surface area contributed by atoms with E-state index >= 15 is 0 Å². The molecule has 0 bridgehead atoms. The van der Waals surface area contributed by atoms with Crippen molar-refractivity contribution < 1.29 is 18.4 Å². The van der Waals surface area contributed by atoms with Crippen LogP contribution in [0.4, 0.5) is 8.78 Å². The van der Waals surface area contributed by atoms with Crippen LogP contribution in [-0.2, 0) is 22.6 Å². The molecule has 0 saturated heterocycles. The third-order valence-corrected chi connectivity index (χ3v) is 8.82. The maximum atomic E-state index is 13.8. The Kier molecular flexibility index (Phi) is 8.89. The number of thioether (sulfide) groups is 1. The van der Waals surface area contributed by atoms with Gasteiger partial charge in [0.1, 0.15) is 11.6 Å². The van der Waals surface area contributed by atoms with Crippen LogP contribution in [0, 0.1) is 11.6 Å². The highest BCUT2D eigenvalue weighted by molar-refractivity contribution is 7.99. The van der Waals surface area contributed by atoms with Crippen molar-refractivity contribution in [2.24, 2.45) is 5.10 Å². The average molecular weight is 629 g/mol. The van der Waals surface area contributed by atoms with Gasteiger partial charge in [-0.15, -0.1) is 21.5 Å². The highest BCUT2D eigenvalue weighted by Crippen LogP contribution is 2.35. The molecule has 8 nitrogen and oxygen atoms in total. The van der Waals surface area contributed by atoms with Crippen molar-refractivity contribution in [3.05, 3.63) is 130 Å². The summed E-state index contributed by atoms with van der Waals surface area (Å²) >= 11 is 2.70. The number of hydrazone groups is 1. The van der Waals surface area contributed by atoms with Gasteiger partial charge in [0.15, 0.2) is 11.0 Å². The van der Waals surface area contributed by atoms with Crippen molar-refractivity contribution in [3.8, 4) is 5.69 Å². The van der Waals surface area contributed by atoms with Crippen LogP contribution in [-0.4, -0.2) is 43.1 Å². The molecule has 0 aliphatic carbocycles. The van der Waals surface area contributed by atoms with Crippen molar-refractivity contribution in [1.82, 2.24) is 25.1 Å². The SMILES string of the molecule is O=C(Cc1ccccc1)NCc1nnc(SCC(=O)N2N=C(c3cccs3)C[C@@H]2c2ccc(F)cc2)n1-c1ccc(F)cc1. The number of nitrogens with zero attached hydrogens (tertiary/aromatic N) is 5. The number of hydrogen-bond acceptors (Lipinski definition) is 7. The lowest BCUT2D eigenvalue weighted by molar-refractivity contribution is -0.130. The first-order chi connectivity index (χ1) is 21.4. The maximum Gasteiger partial charge on any atom is 0.253 e. The molecule has 1 aliphatic rings. The molecule has 0 radical (unpaired) electrons. The largest absolute Gasteiger partial charge is 0.348 e. The molecule has 5 aromatic rings. The molecule has 0 saturated carbocycles. The van der Waals surface area contributed by atoms with Gasteiger partial charge in [-0.2, -0.15) is 5.10 Å². The van der Waals surface area contributed by atoms with E-state index in [0.717, 1.165) is 33.5 Å². The van der Waals surface area contributed by atoms with Crippen LogP contribution in [0.15, 0.2) is 107 Å². The fourth-order valence-electron chi connectivity index (χ4n) is 4.85. The van der Waals surface area contributed by atoms with Gasteiger partial charge in [0, 0.05) is 12.1 Å². The van der Waals surface area contributed by atoms with Gasteiger partial charge in [-0.1, -0.05) is 60.3 Å². The van der Waals surface area contributed by atoms with E-state index in [1.807, 2.05) is 47.8 Å². The summed E-state index contributed by atoms with van der Waals surface area (Å²) in [6.07, 6.45) is 0.710. The number of thiophene rings is 1. The summed E-state index contributed by atoms with van der Waals surface area (Å²) in [6.45, 7) is 0.0811. The van der Waals surface area contributed by atoms with E-state index in [2.05, 4.69) is 20.6 Å². The third-order valence-electron chi connectivity index (χ3n) is 6.99. The molecular formula is C32H26F2N6O2S2. The van der Waals surface area contributed by atoms with Gasteiger partial charge in [-0.25, -0.2) is 13.8 Å². The lowest BCUT2D eigenvalue weighted by Crippen LogP contribution is -2.28. The lowest BCUT2D eigenvalue weighted by atomic mass is 10.0. The van der Waals surface area contributed by atoms with Gasteiger partial charge < -0.3 is 5.32 Å². The Balaban J connectivity index is 1.21. The summed E-state index contributed by atoms with van der Waals surface area (Å²) < 4.78 is 29.1. The molecule has 1 N–H and O–H groups in total. The van der Waals surface area contributed by atoms with Crippen LogP contribution in [0.5, 0.6) is 0 Å². The second-order valence-corrected chi connectivity index (χ2v) is 11.9. The summed E-state index contributed by atoms with van der Waals surface area (Å²) in [5.74, 6) is -0.789. The minimum atomic E-state index is -0.399. The first-order valence-corrected chi connectivity index (χ1v) is 15.6. The first kappa shape index (κ1) is 29.4. The van der Waals surface area contributed by atoms with Crippen LogP contribution in [0.3, 0.4) is 0 Å². The average Bonchev–Trinajstić information content (AvgIpc) is 3.81. The van der Waals surface area contributed by atoms with E-state index in [-0.39, 0.29) is 42.4 Å². The van der Waals surface area contributed by atoms with Crippen LogP contribution in [0.1, 0.15) is 34.3 Å².